The molecule has 0 amide bonds. The molecule has 2 nitrogen and oxygen atoms in total. The monoisotopic (exact) mass is 140 g/mol. The third kappa shape index (κ3) is 1.87. The third-order valence-electron chi connectivity index (χ3n) is 1.76. The van der Waals surface area contributed by atoms with E-state index in [0.717, 1.165) is 12.8 Å². The highest BCUT2D eigenvalue weighted by molar-refractivity contribution is 5.82. The fraction of sp³-hybridized carbons (Fsp3) is 0.625. The van der Waals surface area contributed by atoms with Gasteiger partial charge in [0.25, 0.3) is 0 Å². The molecule has 56 valence electrons. The van der Waals surface area contributed by atoms with Crippen LogP contribution in [0.2, 0.25) is 0 Å². The van der Waals surface area contributed by atoms with E-state index in [9.17, 15) is 4.79 Å². The standard InChI is InChI=1S/C8H12O2/c1-2-7-3-4-8(9)10-6-5-7/h3-4,7H,2,5-6H2,1H3. The number of hydrogen-bond acceptors (Lipinski definition) is 2. The van der Waals surface area contributed by atoms with Gasteiger partial charge in [0, 0.05) is 6.08 Å². The Bertz CT molecular complexity index is 149. The molecule has 0 fully saturated rings. The quantitative estimate of drug-likeness (QED) is 0.516. The van der Waals surface area contributed by atoms with Crippen LogP contribution in [0.3, 0.4) is 0 Å². The number of esters is 1. The first kappa shape index (κ1) is 7.32. The van der Waals surface area contributed by atoms with Gasteiger partial charge in [-0.3, -0.25) is 0 Å². The van der Waals surface area contributed by atoms with Gasteiger partial charge in [-0.15, -0.1) is 0 Å². The SMILES string of the molecule is CCC1C=CC(=O)OCC1. The van der Waals surface area contributed by atoms with E-state index in [-0.39, 0.29) is 5.97 Å². The first-order chi connectivity index (χ1) is 4.83. The van der Waals surface area contributed by atoms with Crippen molar-refractivity contribution in [3.63, 3.8) is 0 Å². The summed E-state index contributed by atoms with van der Waals surface area (Å²) in [6, 6.07) is 0. The van der Waals surface area contributed by atoms with Gasteiger partial charge in [0.05, 0.1) is 6.61 Å². The van der Waals surface area contributed by atoms with E-state index in [4.69, 9.17) is 4.74 Å². The van der Waals surface area contributed by atoms with E-state index in [1.54, 1.807) is 0 Å². The molecule has 0 N–H and O–H groups in total. The van der Waals surface area contributed by atoms with Crippen LogP contribution in [0.25, 0.3) is 0 Å². The minimum atomic E-state index is -0.198. The van der Waals surface area contributed by atoms with Crippen molar-refractivity contribution in [1.82, 2.24) is 0 Å². The fourth-order valence-corrected chi connectivity index (χ4v) is 1.01. The molecule has 0 aromatic carbocycles. The minimum absolute atomic E-state index is 0.198. The Morgan fingerprint density at radius 3 is 3.30 bits per heavy atom. The molecule has 1 aliphatic heterocycles. The van der Waals surface area contributed by atoms with Gasteiger partial charge in [-0.05, 0) is 18.8 Å². The van der Waals surface area contributed by atoms with Crippen molar-refractivity contribution in [1.29, 1.82) is 0 Å². The zero-order valence-electron chi connectivity index (χ0n) is 6.17. The van der Waals surface area contributed by atoms with Gasteiger partial charge < -0.3 is 4.74 Å². The lowest BCUT2D eigenvalue weighted by Crippen LogP contribution is -2.00. The van der Waals surface area contributed by atoms with Gasteiger partial charge in [0.1, 0.15) is 0 Å². The molecule has 0 radical (unpaired) electrons. The number of carbonyl (C=O) groups excluding carboxylic acids is 1. The molecule has 1 atom stereocenters. The summed E-state index contributed by atoms with van der Waals surface area (Å²) >= 11 is 0. The Morgan fingerprint density at radius 2 is 2.60 bits per heavy atom. The van der Waals surface area contributed by atoms with Crippen molar-refractivity contribution in [3.05, 3.63) is 12.2 Å². The number of allylic oxidation sites excluding steroid dienone is 1. The van der Waals surface area contributed by atoms with E-state index in [2.05, 4.69) is 6.92 Å². The average molecular weight is 140 g/mol. The van der Waals surface area contributed by atoms with Gasteiger partial charge in [-0.25, -0.2) is 4.79 Å². The lowest BCUT2D eigenvalue weighted by molar-refractivity contribution is -0.137. The van der Waals surface area contributed by atoms with Crippen LogP contribution >= 0.6 is 0 Å². The molecule has 1 unspecified atom stereocenters. The maximum Gasteiger partial charge on any atom is 0.330 e. The smallest absolute Gasteiger partial charge is 0.330 e. The summed E-state index contributed by atoms with van der Waals surface area (Å²) < 4.78 is 4.81. The summed E-state index contributed by atoms with van der Waals surface area (Å²) in [6.45, 7) is 2.69. The first-order valence-corrected chi connectivity index (χ1v) is 3.68. The highest BCUT2D eigenvalue weighted by Gasteiger charge is 2.08. The van der Waals surface area contributed by atoms with Crippen LogP contribution in [0.15, 0.2) is 12.2 Å². The van der Waals surface area contributed by atoms with Crippen LogP contribution in [0.1, 0.15) is 19.8 Å². The van der Waals surface area contributed by atoms with E-state index in [0.29, 0.717) is 12.5 Å². The largest absolute Gasteiger partial charge is 0.463 e. The summed E-state index contributed by atoms with van der Waals surface area (Å²) in [5.41, 5.74) is 0. The van der Waals surface area contributed by atoms with E-state index in [1.807, 2.05) is 6.08 Å². The van der Waals surface area contributed by atoms with Crippen molar-refractivity contribution in [2.75, 3.05) is 6.61 Å². The van der Waals surface area contributed by atoms with Crippen molar-refractivity contribution in [3.8, 4) is 0 Å². The van der Waals surface area contributed by atoms with Crippen LogP contribution in [-0.2, 0) is 9.53 Å². The molecule has 0 aromatic rings. The van der Waals surface area contributed by atoms with Gasteiger partial charge in [-0.1, -0.05) is 13.0 Å². The molecule has 1 heterocycles. The van der Waals surface area contributed by atoms with Gasteiger partial charge >= 0.3 is 5.97 Å². The fourth-order valence-electron chi connectivity index (χ4n) is 1.01. The topological polar surface area (TPSA) is 26.3 Å². The van der Waals surface area contributed by atoms with Crippen molar-refractivity contribution in [2.24, 2.45) is 5.92 Å². The third-order valence-corrected chi connectivity index (χ3v) is 1.76. The molecule has 0 spiro atoms. The zero-order chi connectivity index (χ0) is 7.40. The van der Waals surface area contributed by atoms with Crippen molar-refractivity contribution >= 4 is 5.97 Å². The Hall–Kier alpha value is -0.790. The lowest BCUT2D eigenvalue weighted by atomic mass is 10.0. The molecule has 0 aromatic heterocycles. The highest BCUT2D eigenvalue weighted by Crippen LogP contribution is 2.12. The van der Waals surface area contributed by atoms with Crippen LogP contribution in [0.5, 0.6) is 0 Å². The second-order valence-electron chi connectivity index (χ2n) is 2.48. The van der Waals surface area contributed by atoms with E-state index >= 15 is 0 Å². The Labute approximate surface area is 60.9 Å². The maximum atomic E-state index is 10.6. The normalized spacial score (nSPS) is 25.7. The number of hydrogen-bond donors (Lipinski definition) is 0. The molecule has 0 aliphatic carbocycles. The Kier molecular flexibility index (Phi) is 2.49. The number of carbonyl (C=O) groups is 1. The number of cyclic esters (lactones) is 1. The minimum Gasteiger partial charge on any atom is -0.463 e. The number of ether oxygens (including phenoxy) is 1. The molecule has 0 saturated carbocycles. The Balaban J connectivity index is 2.50. The Morgan fingerprint density at radius 1 is 1.80 bits per heavy atom. The lowest BCUT2D eigenvalue weighted by Gasteiger charge is -2.04. The second kappa shape index (κ2) is 3.40. The first-order valence-electron chi connectivity index (χ1n) is 3.68. The van der Waals surface area contributed by atoms with Crippen LogP contribution in [-0.4, -0.2) is 12.6 Å². The molecule has 2 heteroatoms. The molecule has 0 saturated heterocycles. The predicted octanol–water partition coefficient (Wildman–Crippen LogP) is 1.52. The highest BCUT2D eigenvalue weighted by atomic mass is 16.5. The van der Waals surface area contributed by atoms with Gasteiger partial charge in [0.15, 0.2) is 0 Å². The van der Waals surface area contributed by atoms with E-state index in [1.165, 1.54) is 6.08 Å². The molecular formula is C8H12O2. The van der Waals surface area contributed by atoms with Crippen LogP contribution < -0.4 is 0 Å². The summed E-state index contributed by atoms with van der Waals surface area (Å²) in [4.78, 5) is 10.6. The van der Waals surface area contributed by atoms with Gasteiger partial charge in [0.2, 0.25) is 0 Å². The molecular weight excluding hydrogens is 128 g/mol. The summed E-state index contributed by atoms with van der Waals surface area (Å²) in [7, 11) is 0. The molecule has 0 bridgehead atoms. The van der Waals surface area contributed by atoms with Crippen LogP contribution in [0, 0.1) is 5.92 Å². The van der Waals surface area contributed by atoms with Crippen molar-refractivity contribution in [2.45, 2.75) is 19.8 Å². The van der Waals surface area contributed by atoms with Gasteiger partial charge in [-0.2, -0.15) is 0 Å². The maximum absolute atomic E-state index is 10.6. The molecule has 1 aliphatic rings. The van der Waals surface area contributed by atoms with Crippen LogP contribution in [0.4, 0.5) is 0 Å². The van der Waals surface area contributed by atoms with E-state index < -0.39 is 0 Å². The summed E-state index contributed by atoms with van der Waals surface area (Å²) in [6.07, 6.45) is 5.53. The summed E-state index contributed by atoms with van der Waals surface area (Å²) in [5.74, 6) is 0.336. The average Bonchev–Trinajstić information content (AvgIpc) is 2.14. The molecule has 10 heavy (non-hydrogen) atoms. The second-order valence-corrected chi connectivity index (χ2v) is 2.48. The zero-order valence-corrected chi connectivity index (χ0v) is 6.17. The predicted molar refractivity (Wildman–Crippen MR) is 38.5 cm³/mol. The van der Waals surface area contributed by atoms with Crippen molar-refractivity contribution < 1.29 is 9.53 Å². The number of rotatable bonds is 1. The molecule has 1 rings (SSSR count). The summed E-state index contributed by atoms with van der Waals surface area (Å²) in [5, 5.41) is 0.